The van der Waals surface area contributed by atoms with E-state index in [0.29, 0.717) is 0 Å². The molecule has 0 radical (unpaired) electrons. The van der Waals surface area contributed by atoms with E-state index in [0.717, 1.165) is 13.1 Å². The van der Waals surface area contributed by atoms with Crippen LogP contribution in [0.4, 0.5) is 0 Å². The van der Waals surface area contributed by atoms with Crippen LogP contribution in [0.25, 0.3) is 0 Å². The Hall–Kier alpha value is -0.860. The first-order valence-electron chi connectivity index (χ1n) is 6.11. The van der Waals surface area contributed by atoms with Crippen LogP contribution in [-0.2, 0) is 13.0 Å². The zero-order valence-corrected chi connectivity index (χ0v) is 10.7. The standard InChI is InChI=1S/C14H22N2/c1-12-5-4-6-13-11-16(8-7-14(12)13)10-9-15(2)3/h4-6H,7-11H2,1-3H3. The maximum atomic E-state index is 2.56. The van der Waals surface area contributed by atoms with E-state index >= 15 is 0 Å². The van der Waals surface area contributed by atoms with Gasteiger partial charge in [0.2, 0.25) is 0 Å². The molecule has 0 unspecified atom stereocenters. The third-order valence-corrected chi connectivity index (χ3v) is 3.44. The molecule has 1 aromatic rings. The van der Waals surface area contributed by atoms with Crippen molar-refractivity contribution in [2.24, 2.45) is 0 Å². The topological polar surface area (TPSA) is 6.48 Å². The lowest BCUT2D eigenvalue weighted by Gasteiger charge is -2.30. The van der Waals surface area contributed by atoms with E-state index in [4.69, 9.17) is 0 Å². The Morgan fingerprint density at radius 3 is 2.88 bits per heavy atom. The molecule has 0 saturated carbocycles. The molecule has 2 nitrogen and oxygen atoms in total. The summed E-state index contributed by atoms with van der Waals surface area (Å²) in [6.07, 6.45) is 1.22. The maximum Gasteiger partial charge on any atom is 0.0237 e. The van der Waals surface area contributed by atoms with Gasteiger partial charge in [0.05, 0.1) is 0 Å². The Kier molecular flexibility index (Phi) is 3.62. The van der Waals surface area contributed by atoms with Gasteiger partial charge in [0.25, 0.3) is 0 Å². The van der Waals surface area contributed by atoms with E-state index in [9.17, 15) is 0 Å². The number of aryl methyl sites for hydroxylation is 1. The highest BCUT2D eigenvalue weighted by molar-refractivity contribution is 5.36. The van der Waals surface area contributed by atoms with Crippen molar-refractivity contribution in [3.63, 3.8) is 0 Å². The molecule has 0 bridgehead atoms. The van der Waals surface area contributed by atoms with Gasteiger partial charge in [-0.2, -0.15) is 0 Å². The molecule has 0 N–H and O–H groups in total. The molecule has 0 aromatic heterocycles. The Morgan fingerprint density at radius 1 is 1.31 bits per heavy atom. The van der Waals surface area contributed by atoms with Gasteiger partial charge >= 0.3 is 0 Å². The average molecular weight is 218 g/mol. The summed E-state index contributed by atoms with van der Waals surface area (Å²) in [5, 5.41) is 0. The highest BCUT2D eigenvalue weighted by Gasteiger charge is 2.16. The molecule has 1 aromatic carbocycles. The SMILES string of the molecule is Cc1cccc2c1CCN(CCN(C)C)C2. The van der Waals surface area contributed by atoms with Crippen molar-refractivity contribution >= 4 is 0 Å². The number of hydrogen-bond acceptors (Lipinski definition) is 2. The smallest absolute Gasteiger partial charge is 0.0237 e. The fraction of sp³-hybridized carbons (Fsp3) is 0.571. The summed E-state index contributed by atoms with van der Waals surface area (Å²) in [5.41, 5.74) is 4.58. The number of nitrogens with zero attached hydrogens (tertiary/aromatic N) is 2. The van der Waals surface area contributed by atoms with E-state index < -0.39 is 0 Å². The highest BCUT2D eigenvalue weighted by atomic mass is 15.2. The van der Waals surface area contributed by atoms with Crippen molar-refractivity contribution < 1.29 is 0 Å². The minimum atomic E-state index is 1.13. The first kappa shape index (κ1) is 11.6. The fourth-order valence-corrected chi connectivity index (χ4v) is 2.39. The van der Waals surface area contributed by atoms with E-state index in [2.05, 4.69) is 49.0 Å². The Balaban J connectivity index is 2.01. The Morgan fingerprint density at radius 2 is 2.12 bits per heavy atom. The lowest BCUT2D eigenvalue weighted by atomic mass is 9.95. The van der Waals surface area contributed by atoms with E-state index in [1.165, 1.54) is 30.6 Å². The zero-order chi connectivity index (χ0) is 11.5. The van der Waals surface area contributed by atoms with E-state index in [1.54, 1.807) is 5.56 Å². The van der Waals surface area contributed by atoms with Gasteiger partial charge in [-0.3, -0.25) is 4.90 Å². The van der Waals surface area contributed by atoms with E-state index in [-0.39, 0.29) is 0 Å². The molecule has 1 aliphatic heterocycles. The fourth-order valence-electron chi connectivity index (χ4n) is 2.39. The van der Waals surface area contributed by atoms with Crippen LogP contribution < -0.4 is 0 Å². The summed E-state index contributed by atoms with van der Waals surface area (Å²) in [6.45, 7) is 6.91. The summed E-state index contributed by atoms with van der Waals surface area (Å²) in [4.78, 5) is 4.81. The number of likely N-dealkylation sites (N-methyl/N-ethyl adjacent to an activating group) is 1. The van der Waals surface area contributed by atoms with Crippen LogP contribution in [0, 0.1) is 6.92 Å². The van der Waals surface area contributed by atoms with Gasteiger partial charge in [-0.25, -0.2) is 0 Å². The van der Waals surface area contributed by atoms with Crippen LogP contribution in [-0.4, -0.2) is 43.5 Å². The molecule has 0 aliphatic carbocycles. The van der Waals surface area contributed by atoms with Gasteiger partial charge in [0.15, 0.2) is 0 Å². The molecule has 16 heavy (non-hydrogen) atoms. The number of rotatable bonds is 3. The highest BCUT2D eigenvalue weighted by Crippen LogP contribution is 2.21. The molecular formula is C14H22N2. The van der Waals surface area contributed by atoms with Crippen LogP contribution in [0.1, 0.15) is 16.7 Å². The minimum Gasteiger partial charge on any atom is -0.308 e. The molecular weight excluding hydrogens is 196 g/mol. The molecule has 0 spiro atoms. The van der Waals surface area contributed by atoms with Crippen LogP contribution in [0.5, 0.6) is 0 Å². The summed E-state index contributed by atoms with van der Waals surface area (Å²) in [5.74, 6) is 0. The summed E-state index contributed by atoms with van der Waals surface area (Å²) in [7, 11) is 4.28. The van der Waals surface area contributed by atoms with Gasteiger partial charge in [0.1, 0.15) is 0 Å². The predicted molar refractivity (Wildman–Crippen MR) is 68.7 cm³/mol. The Bertz CT molecular complexity index is 358. The van der Waals surface area contributed by atoms with Crippen molar-refractivity contribution in [3.05, 3.63) is 34.9 Å². The van der Waals surface area contributed by atoms with Gasteiger partial charge in [-0.05, 0) is 44.1 Å². The van der Waals surface area contributed by atoms with Gasteiger partial charge in [-0.15, -0.1) is 0 Å². The van der Waals surface area contributed by atoms with Crippen LogP contribution >= 0.6 is 0 Å². The first-order chi connectivity index (χ1) is 7.66. The number of benzene rings is 1. The van der Waals surface area contributed by atoms with Gasteiger partial charge in [0, 0.05) is 26.2 Å². The van der Waals surface area contributed by atoms with E-state index in [1.807, 2.05) is 0 Å². The first-order valence-corrected chi connectivity index (χ1v) is 6.11. The molecule has 0 amide bonds. The van der Waals surface area contributed by atoms with Crippen molar-refractivity contribution in [2.45, 2.75) is 19.9 Å². The van der Waals surface area contributed by atoms with Crippen LogP contribution in [0.15, 0.2) is 18.2 Å². The third-order valence-electron chi connectivity index (χ3n) is 3.44. The Labute approximate surface area is 98.9 Å². The van der Waals surface area contributed by atoms with Gasteiger partial charge < -0.3 is 4.90 Å². The predicted octanol–water partition coefficient (Wildman–Crippen LogP) is 1.91. The quantitative estimate of drug-likeness (QED) is 0.765. The third kappa shape index (κ3) is 2.63. The average Bonchev–Trinajstić information content (AvgIpc) is 2.26. The molecule has 0 fully saturated rings. The molecule has 1 heterocycles. The number of hydrogen-bond donors (Lipinski definition) is 0. The molecule has 0 saturated heterocycles. The monoisotopic (exact) mass is 218 g/mol. The molecule has 2 heteroatoms. The minimum absolute atomic E-state index is 1.13. The van der Waals surface area contributed by atoms with Crippen LogP contribution in [0.3, 0.4) is 0 Å². The molecule has 88 valence electrons. The van der Waals surface area contributed by atoms with Gasteiger partial charge in [-0.1, -0.05) is 18.2 Å². The normalized spacial score (nSPS) is 16.5. The second-order valence-corrected chi connectivity index (χ2v) is 5.04. The second kappa shape index (κ2) is 4.98. The zero-order valence-electron chi connectivity index (χ0n) is 10.7. The molecule has 2 rings (SSSR count). The van der Waals surface area contributed by atoms with Crippen molar-refractivity contribution in [1.29, 1.82) is 0 Å². The second-order valence-electron chi connectivity index (χ2n) is 5.04. The summed E-state index contributed by atoms with van der Waals surface area (Å²) in [6, 6.07) is 6.70. The van der Waals surface area contributed by atoms with Crippen molar-refractivity contribution in [2.75, 3.05) is 33.7 Å². The summed E-state index contributed by atoms with van der Waals surface area (Å²) < 4.78 is 0. The number of fused-ring (bicyclic) bond motifs is 1. The van der Waals surface area contributed by atoms with Crippen molar-refractivity contribution in [3.8, 4) is 0 Å². The summed E-state index contributed by atoms with van der Waals surface area (Å²) >= 11 is 0. The lowest BCUT2D eigenvalue weighted by Crippen LogP contribution is -2.36. The van der Waals surface area contributed by atoms with Crippen molar-refractivity contribution in [1.82, 2.24) is 9.80 Å². The lowest BCUT2D eigenvalue weighted by molar-refractivity contribution is 0.225. The maximum absolute atomic E-state index is 2.56. The molecule has 0 atom stereocenters. The molecule has 1 aliphatic rings. The largest absolute Gasteiger partial charge is 0.308 e. The van der Waals surface area contributed by atoms with Crippen LogP contribution in [0.2, 0.25) is 0 Å².